The molecular weight excluding hydrogens is 318 g/mol. The van der Waals surface area contributed by atoms with Gasteiger partial charge in [0.2, 0.25) is 0 Å². The fraction of sp³-hybridized carbons (Fsp3) is 0.278. The predicted molar refractivity (Wildman–Crippen MR) is 93.6 cm³/mol. The lowest BCUT2D eigenvalue weighted by Crippen LogP contribution is -2.20. The molecule has 1 aromatic carbocycles. The minimum absolute atomic E-state index is 0.301. The normalized spacial score (nSPS) is 13.6. The number of benzene rings is 1. The van der Waals surface area contributed by atoms with E-state index in [1.165, 1.54) is 0 Å². The average Bonchev–Trinajstić information content (AvgIpc) is 3.19. The van der Waals surface area contributed by atoms with Gasteiger partial charge < -0.3 is 15.2 Å². The summed E-state index contributed by atoms with van der Waals surface area (Å²) in [4.78, 5) is 12.3. The van der Waals surface area contributed by atoms with Crippen molar-refractivity contribution >= 4 is 17.4 Å². The highest BCUT2D eigenvalue weighted by Gasteiger charge is 2.32. The molecule has 3 aromatic rings. The molecule has 2 N–H and O–H groups in total. The van der Waals surface area contributed by atoms with Crippen molar-refractivity contribution in [1.82, 2.24) is 14.9 Å². The molecule has 0 unspecified atom stereocenters. The number of carbonyl (C=O) groups excluding carboxylic acids is 1. The Hall–Kier alpha value is -3.09. The molecule has 128 valence electrons. The zero-order chi connectivity index (χ0) is 17.2. The predicted octanol–water partition coefficient (Wildman–Crippen LogP) is 3.75. The van der Waals surface area contributed by atoms with E-state index in [0.29, 0.717) is 23.8 Å². The number of urea groups is 1. The molecular formula is C18H19N5O2. The number of hydrogen-bond acceptors (Lipinski definition) is 4. The van der Waals surface area contributed by atoms with Crippen LogP contribution in [0.1, 0.15) is 35.8 Å². The standard InChI is InChI=1S/C18H19N5O2/c1-12-16(17(25-22-12)14-6-7-14)21-18(24)20-15-5-2-4-13(10-15)11-23-9-3-8-19-23/h2-5,8-10,14H,6-7,11H2,1H3,(H2,20,21,24). The van der Waals surface area contributed by atoms with E-state index in [4.69, 9.17) is 4.52 Å². The number of aromatic nitrogens is 3. The van der Waals surface area contributed by atoms with E-state index < -0.39 is 0 Å². The summed E-state index contributed by atoms with van der Waals surface area (Å²) >= 11 is 0. The highest BCUT2D eigenvalue weighted by atomic mass is 16.5. The van der Waals surface area contributed by atoms with Crippen molar-refractivity contribution in [2.45, 2.75) is 32.2 Å². The summed E-state index contributed by atoms with van der Waals surface area (Å²) in [6, 6.07) is 9.28. The second kappa shape index (κ2) is 6.43. The van der Waals surface area contributed by atoms with Gasteiger partial charge >= 0.3 is 6.03 Å². The molecule has 2 heterocycles. The van der Waals surface area contributed by atoms with E-state index >= 15 is 0 Å². The van der Waals surface area contributed by atoms with Crippen LogP contribution in [0.5, 0.6) is 0 Å². The first-order valence-electron chi connectivity index (χ1n) is 8.29. The molecule has 0 radical (unpaired) electrons. The van der Waals surface area contributed by atoms with Crippen LogP contribution in [0.15, 0.2) is 47.2 Å². The van der Waals surface area contributed by atoms with Crippen molar-refractivity contribution in [1.29, 1.82) is 0 Å². The molecule has 0 aliphatic heterocycles. The lowest BCUT2D eigenvalue weighted by Gasteiger charge is -2.09. The van der Waals surface area contributed by atoms with Crippen LogP contribution in [0, 0.1) is 6.92 Å². The summed E-state index contributed by atoms with van der Waals surface area (Å²) in [7, 11) is 0. The topological polar surface area (TPSA) is 85.0 Å². The van der Waals surface area contributed by atoms with Gasteiger partial charge in [0, 0.05) is 24.0 Å². The molecule has 2 amide bonds. The van der Waals surface area contributed by atoms with Gasteiger partial charge in [-0.15, -0.1) is 0 Å². The van der Waals surface area contributed by atoms with Crippen LogP contribution in [0.2, 0.25) is 0 Å². The zero-order valence-corrected chi connectivity index (χ0v) is 13.9. The molecule has 1 saturated carbocycles. The number of anilines is 2. The molecule has 7 heteroatoms. The SMILES string of the molecule is Cc1noc(C2CC2)c1NC(=O)Nc1cccc(Cn2cccn2)c1. The van der Waals surface area contributed by atoms with Crippen molar-refractivity contribution < 1.29 is 9.32 Å². The first-order valence-corrected chi connectivity index (χ1v) is 8.29. The lowest BCUT2D eigenvalue weighted by molar-refractivity contribution is 0.262. The Morgan fingerprint density at radius 2 is 2.20 bits per heavy atom. The highest BCUT2D eigenvalue weighted by molar-refractivity contribution is 6.00. The van der Waals surface area contributed by atoms with Crippen molar-refractivity contribution in [2.75, 3.05) is 10.6 Å². The van der Waals surface area contributed by atoms with Crippen molar-refractivity contribution in [3.05, 3.63) is 59.7 Å². The molecule has 0 atom stereocenters. The fourth-order valence-electron chi connectivity index (χ4n) is 2.77. The van der Waals surface area contributed by atoms with Gasteiger partial charge in [0.15, 0.2) is 5.76 Å². The van der Waals surface area contributed by atoms with Crippen molar-refractivity contribution in [3.8, 4) is 0 Å². The fourth-order valence-corrected chi connectivity index (χ4v) is 2.77. The van der Waals surface area contributed by atoms with Crippen LogP contribution in [0.25, 0.3) is 0 Å². The van der Waals surface area contributed by atoms with Crippen LogP contribution < -0.4 is 10.6 Å². The lowest BCUT2D eigenvalue weighted by atomic mass is 10.2. The van der Waals surface area contributed by atoms with Crippen LogP contribution in [0.4, 0.5) is 16.2 Å². The monoisotopic (exact) mass is 337 g/mol. The molecule has 1 aliphatic rings. The summed E-state index contributed by atoms with van der Waals surface area (Å²) in [5, 5.41) is 13.9. The number of aryl methyl sites for hydroxylation is 1. The Kier molecular flexibility index (Phi) is 3.97. The van der Waals surface area contributed by atoms with Crippen LogP contribution >= 0.6 is 0 Å². The molecule has 1 fully saturated rings. The smallest absolute Gasteiger partial charge is 0.323 e. The molecule has 0 spiro atoms. The summed E-state index contributed by atoms with van der Waals surface area (Å²) < 4.78 is 7.18. The molecule has 7 nitrogen and oxygen atoms in total. The summed E-state index contributed by atoms with van der Waals surface area (Å²) in [6.07, 6.45) is 5.82. The summed E-state index contributed by atoms with van der Waals surface area (Å²) in [5.74, 6) is 1.16. The maximum Gasteiger partial charge on any atom is 0.323 e. The van der Waals surface area contributed by atoms with E-state index in [-0.39, 0.29) is 6.03 Å². The molecule has 0 saturated heterocycles. The highest BCUT2D eigenvalue weighted by Crippen LogP contribution is 2.44. The van der Waals surface area contributed by atoms with Gasteiger partial charge in [-0.2, -0.15) is 5.10 Å². The molecule has 25 heavy (non-hydrogen) atoms. The van der Waals surface area contributed by atoms with E-state index in [1.807, 2.05) is 48.1 Å². The Morgan fingerprint density at radius 1 is 1.32 bits per heavy atom. The third-order valence-electron chi connectivity index (χ3n) is 4.16. The molecule has 1 aliphatic carbocycles. The van der Waals surface area contributed by atoms with Gasteiger partial charge in [-0.3, -0.25) is 4.68 Å². The van der Waals surface area contributed by atoms with E-state index in [1.54, 1.807) is 6.20 Å². The number of amides is 2. The molecule has 4 rings (SSSR count). The maximum atomic E-state index is 12.3. The van der Waals surface area contributed by atoms with Crippen LogP contribution in [-0.4, -0.2) is 21.0 Å². The van der Waals surface area contributed by atoms with E-state index in [0.717, 1.165) is 29.9 Å². The van der Waals surface area contributed by atoms with Gasteiger partial charge in [-0.1, -0.05) is 17.3 Å². The first kappa shape index (κ1) is 15.4. The summed E-state index contributed by atoms with van der Waals surface area (Å²) in [6.45, 7) is 2.48. The first-order chi connectivity index (χ1) is 12.2. The Morgan fingerprint density at radius 3 is 2.96 bits per heavy atom. The summed E-state index contributed by atoms with van der Waals surface area (Å²) in [5.41, 5.74) is 3.17. The van der Waals surface area contributed by atoms with Gasteiger partial charge in [-0.25, -0.2) is 4.79 Å². The van der Waals surface area contributed by atoms with Crippen LogP contribution in [-0.2, 0) is 6.54 Å². The van der Waals surface area contributed by atoms with E-state index in [2.05, 4.69) is 20.9 Å². The number of hydrogen-bond donors (Lipinski definition) is 2. The largest absolute Gasteiger partial charge is 0.359 e. The molecule has 2 aromatic heterocycles. The van der Waals surface area contributed by atoms with Gasteiger partial charge in [-0.05, 0) is 43.5 Å². The van der Waals surface area contributed by atoms with Gasteiger partial charge in [0.1, 0.15) is 11.4 Å². The Labute approximate surface area is 145 Å². The number of carbonyl (C=O) groups is 1. The third kappa shape index (κ3) is 3.55. The Bertz CT molecular complexity index is 881. The Balaban J connectivity index is 1.43. The quantitative estimate of drug-likeness (QED) is 0.742. The second-order valence-corrected chi connectivity index (χ2v) is 6.26. The second-order valence-electron chi connectivity index (χ2n) is 6.26. The number of nitrogens with one attached hydrogen (secondary N) is 2. The maximum absolute atomic E-state index is 12.3. The zero-order valence-electron chi connectivity index (χ0n) is 13.9. The van der Waals surface area contributed by atoms with Crippen LogP contribution in [0.3, 0.4) is 0 Å². The third-order valence-corrected chi connectivity index (χ3v) is 4.16. The van der Waals surface area contributed by atoms with Crippen molar-refractivity contribution in [3.63, 3.8) is 0 Å². The van der Waals surface area contributed by atoms with Gasteiger partial charge in [0.05, 0.1) is 6.54 Å². The van der Waals surface area contributed by atoms with E-state index in [9.17, 15) is 4.79 Å². The average molecular weight is 337 g/mol. The number of nitrogens with zero attached hydrogens (tertiary/aromatic N) is 3. The molecule has 0 bridgehead atoms. The van der Waals surface area contributed by atoms with Gasteiger partial charge in [0.25, 0.3) is 0 Å². The number of rotatable bonds is 5. The minimum atomic E-state index is -0.301. The minimum Gasteiger partial charge on any atom is -0.359 e. The van der Waals surface area contributed by atoms with Crippen molar-refractivity contribution in [2.24, 2.45) is 0 Å².